The second-order valence-corrected chi connectivity index (χ2v) is 9.77. The Morgan fingerprint density at radius 3 is 2.45 bits per heavy atom. The number of hydrogen-bond acceptors (Lipinski definition) is 6. The molecule has 0 spiro atoms. The summed E-state index contributed by atoms with van der Waals surface area (Å²) in [4.78, 5) is 21.0. The summed E-state index contributed by atoms with van der Waals surface area (Å²) in [6.07, 6.45) is 3.20. The first-order valence-electron chi connectivity index (χ1n) is 10.7. The SMILES string of the molecule is CN1CCN(c2cccc(S(=O)(=O)NCc3ccc(C(=O)Nc4cccnc4)cc3)c2)CC1. The Morgan fingerprint density at radius 2 is 1.76 bits per heavy atom. The fourth-order valence-corrected chi connectivity index (χ4v) is 4.64. The molecule has 0 radical (unpaired) electrons. The Balaban J connectivity index is 1.37. The summed E-state index contributed by atoms with van der Waals surface area (Å²) >= 11 is 0. The van der Waals surface area contributed by atoms with Crippen LogP contribution in [0.25, 0.3) is 0 Å². The molecule has 0 bridgehead atoms. The predicted molar refractivity (Wildman–Crippen MR) is 129 cm³/mol. The number of carbonyl (C=O) groups excluding carboxylic acids is 1. The number of sulfonamides is 1. The minimum Gasteiger partial charge on any atom is -0.369 e. The normalized spacial score (nSPS) is 14.8. The van der Waals surface area contributed by atoms with Crippen molar-refractivity contribution in [3.8, 4) is 0 Å². The highest BCUT2D eigenvalue weighted by Gasteiger charge is 2.18. The van der Waals surface area contributed by atoms with Crippen molar-refractivity contribution >= 4 is 27.3 Å². The first-order chi connectivity index (χ1) is 15.9. The van der Waals surface area contributed by atoms with E-state index in [1.54, 1.807) is 67.0 Å². The van der Waals surface area contributed by atoms with Crippen LogP contribution in [0, 0.1) is 0 Å². The summed E-state index contributed by atoms with van der Waals surface area (Å²) in [6, 6.07) is 17.4. The van der Waals surface area contributed by atoms with E-state index in [0.717, 1.165) is 37.4 Å². The van der Waals surface area contributed by atoms with Gasteiger partial charge in [-0.1, -0.05) is 18.2 Å². The average molecular weight is 466 g/mol. The number of anilines is 2. The number of nitrogens with one attached hydrogen (secondary N) is 2. The topological polar surface area (TPSA) is 94.6 Å². The van der Waals surface area contributed by atoms with Crippen LogP contribution in [-0.4, -0.2) is 57.4 Å². The number of nitrogens with zero attached hydrogens (tertiary/aromatic N) is 3. The van der Waals surface area contributed by atoms with Gasteiger partial charge in [-0.25, -0.2) is 13.1 Å². The quantitative estimate of drug-likeness (QED) is 0.557. The first kappa shape index (κ1) is 22.9. The average Bonchev–Trinajstić information content (AvgIpc) is 2.84. The van der Waals surface area contributed by atoms with Gasteiger partial charge >= 0.3 is 0 Å². The Morgan fingerprint density at radius 1 is 1.00 bits per heavy atom. The Labute approximate surface area is 194 Å². The van der Waals surface area contributed by atoms with Crippen LogP contribution >= 0.6 is 0 Å². The Bertz CT molecular complexity index is 1190. The van der Waals surface area contributed by atoms with E-state index in [9.17, 15) is 13.2 Å². The molecule has 0 atom stereocenters. The van der Waals surface area contributed by atoms with Crippen molar-refractivity contribution < 1.29 is 13.2 Å². The zero-order chi connectivity index (χ0) is 23.3. The maximum atomic E-state index is 12.9. The molecule has 33 heavy (non-hydrogen) atoms. The summed E-state index contributed by atoms with van der Waals surface area (Å²) in [5.41, 5.74) is 2.75. The monoisotopic (exact) mass is 465 g/mol. The lowest BCUT2D eigenvalue weighted by Crippen LogP contribution is -2.44. The molecule has 1 aliphatic heterocycles. The lowest BCUT2D eigenvalue weighted by atomic mass is 10.1. The molecule has 1 amide bonds. The largest absolute Gasteiger partial charge is 0.369 e. The number of piperazine rings is 1. The van der Waals surface area contributed by atoms with Crippen LogP contribution in [0.2, 0.25) is 0 Å². The third-order valence-corrected chi connectivity index (χ3v) is 7.00. The van der Waals surface area contributed by atoms with Crippen LogP contribution in [-0.2, 0) is 16.6 Å². The molecule has 172 valence electrons. The van der Waals surface area contributed by atoms with Crippen LogP contribution in [0.4, 0.5) is 11.4 Å². The highest BCUT2D eigenvalue weighted by Crippen LogP contribution is 2.21. The van der Waals surface area contributed by atoms with E-state index in [2.05, 4.69) is 31.9 Å². The van der Waals surface area contributed by atoms with Crippen molar-refractivity contribution in [2.24, 2.45) is 0 Å². The Kier molecular flexibility index (Phi) is 7.02. The molecule has 1 aliphatic rings. The molecule has 2 N–H and O–H groups in total. The smallest absolute Gasteiger partial charge is 0.255 e. The van der Waals surface area contributed by atoms with Crippen molar-refractivity contribution in [3.63, 3.8) is 0 Å². The number of aromatic nitrogens is 1. The molecule has 8 nitrogen and oxygen atoms in total. The maximum absolute atomic E-state index is 12.9. The maximum Gasteiger partial charge on any atom is 0.255 e. The third-order valence-electron chi connectivity index (χ3n) is 5.60. The van der Waals surface area contributed by atoms with Gasteiger partial charge in [0.25, 0.3) is 5.91 Å². The fraction of sp³-hybridized carbons (Fsp3) is 0.250. The molecule has 0 saturated carbocycles. The number of likely N-dealkylation sites (N-methyl/N-ethyl adjacent to an activating group) is 1. The molecule has 4 rings (SSSR count). The molecule has 0 unspecified atom stereocenters. The minimum atomic E-state index is -3.67. The van der Waals surface area contributed by atoms with E-state index in [4.69, 9.17) is 0 Å². The van der Waals surface area contributed by atoms with E-state index in [0.29, 0.717) is 11.3 Å². The van der Waals surface area contributed by atoms with Crippen LogP contribution in [0.5, 0.6) is 0 Å². The highest BCUT2D eigenvalue weighted by molar-refractivity contribution is 7.89. The Hall–Kier alpha value is -3.27. The van der Waals surface area contributed by atoms with Gasteiger partial charge in [0.15, 0.2) is 0 Å². The second-order valence-electron chi connectivity index (χ2n) is 8.00. The lowest BCUT2D eigenvalue weighted by Gasteiger charge is -2.34. The molecule has 1 saturated heterocycles. The molecule has 0 aliphatic carbocycles. The number of rotatable bonds is 7. The van der Waals surface area contributed by atoms with Gasteiger partial charge in [-0.2, -0.15) is 0 Å². The van der Waals surface area contributed by atoms with Crippen LogP contribution in [0.1, 0.15) is 15.9 Å². The van der Waals surface area contributed by atoms with E-state index >= 15 is 0 Å². The standard InChI is InChI=1S/C24H27N5O3S/c1-28-12-14-29(15-13-28)22-5-2-6-23(16-22)33(31,32)26-17-19-7-9-20(10-8-19)24(30)27-21-4-3-11-25-18-21/h2-11,16,18,26H,12-15,17H2,1H3,(H,27,30). The molecule has 2 heterocycles. The zero-order valence-corrected chi connectivity index (χ0v) is 19.3. The van der Waals surface area contributed by atoms with Gasteiger partial charge in [0.2, 0.25) is 10.0 Å². The van der Waals surface area contributed by atoms with Crippen LogP contribution < -0.4 is 14.9 Å². The number of hydrogen-bond donors (Lipinski definition) is 2. The van der Waals surface area contributed by atoms with Crippen LogP contribution in [0.15, 0.2) is 78.0 Å². The number of pyridine rings is 1. The van der Waals surface area contributed by atoms with E-state index in [1.165, 1.54) is 0 Å². The van der Waals surface area contributed by atoms with Crippen molar-refractivity contribution in [2.45, 2.75) is 11.4 Å². The highest BCUT2D eigenvalue weighted by atomic mass is 32.2. The zero-order valence-electron chi connectivity index (χ0n) is 18.4. The molecule has 9 heteroatoms. The van der Waals surface area contributed by atoms with E-state index < -0.39 is 10.0 Å². The van der Waals surface area contributed by atoms with Crippen molar-refractivity contribution in [1.29, 1.82) is 0 Å². The summed E-state index contributed by atoms with van der Waals surface area (Å²) in [5.74, 6) is -0.254. The molecule has 2 aromatic carbocycles. The summed E-state index contributed by atoms with van der Waals surface area (Å²) in [5, 5.41) is 2.77. The summed E-state index contributed by atoms with van der Waals surface area (Å²) in [6.45, 7) is 3.77. The molecule has 1 fully saturated rings. The van der Waals surface area contributed by atoms with Crippen molar-refractivity contribution in [1.82, 2.24) is 14.6 Å². The van der Waals surface area contributed by atoms with Gasteiger partial charge in [0.1, 0.15) is 0 Å². The predicted octanol–water partition coefficient (Wildman–Crippen LogP) is 2.56. The van der Waals surface area contributed by atoms with Gasteiger partial charge in [-0.15, -0.1) is 0 Å². The fourth-order valence-electron chi connectivity index (χ4n) is 3.59. The second kappa shape index (κ2) is 10.1. The number of benzene rings is 2. The first-order valence-corrected chi connectivity index (χ1v) is 12.2. The number of carbonyl (C=O) groups is 1. The lowest BCUT2D eigenvalue weighted by molar-refractivity contribution is 0.102. The van der Waals surface area contributed by atoms with E-state index in [1.807, 2.05) is 6.07 Å². The molecule has 3 aromatic rings. The molecular formula is C24H27N5O3S. The van der Waals surface area contributed by atoms with E-state index in [-0.39, 0.29) is 17.3 Å². The van der Waals surface area contributed by atoms with Crippen LogP contribution in [0.3, 0.4) is 0 Å². The van der Waals surface area contributed by atoms with Gasteiger partial charge in [-0.05, 0) is 55.1 Å². The summed E-state index contributed by atoms with van der Waals surface area (Å²) in [7, 11) is -1.59. The van der Waals surface area contributed by atoms with Crippen molar-refractivity contribution in [3.05, 3.63) is 84.2 Å². The van der Waals surface area contributed by atoms with Crippen molar-refractivity contribution in [2.75, 3.05) is 43.4 Å². The third kappa shape index (κ3) is 5.95. The molecule has 1 aromatic heterocycles. The molecular weight excluding hydrogens is 438 g/mol. The minimum absolute atomic E-state index is 0.131. The van der Waals surface area contributed by atoms with Gasteiger partial charge < -0.3 is 15.1 Å². The van der Waals surface area contributed by atoms with Gasteiger partial charge in [-0.3, -0.25) is 9.78 Å². The summed E-state index contributed by atoms with van der Waals surface area (Å²) < 4.78 is 28.4. The van der Waals surface area contributed by atoms with Gasteiger partial charge in [0.05, 0.1) is 16.8 Å². The van der Waals surface area contributed by atoms with Gasteiger partial charge in [0, 0.05) is 50.2 Å². The number of amides is 1.